The van der Waals surface area contributed by atoms with Gasteiger partial charge in [-0.05, 0) is 36.0 Å². The van der Waals surface area contributed by atoms with Gasteiger partial charge in [-0.25, -0.2) is 0 Å². The van der Waals surface area contributed by atoms with E-state index < -0.39 is 0 Å². The van der Waals surface area contributed by atoms with Crippen LogP contribution in [0.5, 0.6) is 5.75 Å². The predicted molar refractivity (Wildman–Crippen MR) is 57.7 cm³/mol. The van der Waals surface area contributed by atoms with Crippen LogP contribution >= 0.6 is 0 Å². The Morgan fingerprint density at radius 2 is 2.21 bits per heavy atom. The van der Waals surface area contributed by atoms with Crippen molar-refractivity contribution >= 4 is 0 Å². The molecule has 0 fully saturated rings. The van der Waals surface area contributed by atoms with Crippen LogP contribution in [0.2, 0.25) is 0 Å². The van der Waals surface area contributed by atoms with Crippen LogP contribution in [0.15, 0.2) is 18.2 Å². The monoisotopic (exact) mass is 191 g/mol. The van der Waals surface area contributed by atoms with Crippen molar-refractivity contribution in [2.45, 2.75) is 31.7 Å². The molecular formula is C12H17NO. The van der Waals surface area contributed by atoms with Gasteiger partial charge in [0.25, 0.3) is 0 Å². The molecule has 1 aromatic carbocycles. The highest BCUT2D eigenvalue weighted by atomic mass is 16.5. The van der Waals surface area contributed by atoms with E-state index in [0.717, 1.165) is 18.6 Å². The summed E-state index contributed by atoms with van der Waals surface area (Å²) < 4.78 is 5.36. The van der Waals surface area contributed by atoms with Crippen molar-refractivity contribution in [2.24, 2.45) is 5.73 Å². The van der Waals surface area contributed by atoms with Gasteiger partial charge in [0.2, 0.25) is 0 Å². The zero-order valence-corrected chi connectivity index (χ0v) is 8.79. The van der Waals surface area contributed by atoms with Crippen LogP contribution in [0.3, 0.4) is 0 Å². The van der Waals surface area contributed by atoms with Crippen molar-refractivity contribution in [3.63, 3.8) is 0 Å². The quantitative estimate of drug-likeness (QED) is 0.737. The van der Waals surface area contributed by atoms with E-state index >= 15 is 0 Å². The van der Waals surface area contributed by atoms with E-state index in [-0.39, 0.29) is 0 Å². The fourth-order valence-corrected chi connectivity index (χ4v) is 2.26. The maximum Gasteiger partial charge on any atom is 0.122 e. The van der Waals surface area contributed by atoms with Gasteiger partial charge < -0.3 is 10.5 Å². The number of methoxy groups -OCH3 is 1. The normalized spacial score (nSPS) is 25.6. The molecule has 0 saturated carbocycles. The molecule has 1 aliphatic carbocycles. The van der Waals surface area contributed by atoms with E-state index in [4.69, 9.17) is 10.5 Å². The van der Waals surface area contributed by atoms with Crippen LogP contribution < -0.4 is 10.5 Å². The molecule has 14 heavy (non-hydrogen) atoms. The average molecular weight is 191 g/mol. The topological polar surface area (TPSA) is 35.2 Å². The number of fused-ring (bicyclic) bond motifs is 1. The van der Waals surface area contributed by atoms with Crippen molar-refractivity contribution in [3.8, 4) is 5.75 Å². The lowest BCUT2D eigenvalue weighted by atomic mass is 9.80. The summed E-state index contributed by atoms with van der Waals surface area (Å²) in [6.45, 7) is 2.20. The first kappa shape index (κ1) is 9.53. The molecular weight excluding hydrogens is 174 g/mol. The molecule has 1 aromatic rings. The molecule has 76 valence electrons. The first-order chi connectivity index (χ1) is 6.74. The Morgan fingerprint density at radius 3 is 2.93 bits per heavy atom. The molecule has 0 amide bonds. The molecule has 1 aliphatic rings. The van der Waals surface area contributed by atoms with Crippen LogP contribution in [0.1, 0.15) is 30.4 Å². The van der Waals surface area contributed by atoms with Gasteiger partial charge in [-0.15, -0.1) is 0 Å². The summed E-state index contributed by atoms with van der Waals surface area (Å²) in [4.78, 5) is 0. The van der Waals surface area contributed by atoms with E-state index in [9.17, 15) is 0 Å². The maximum absolute atomic E-state index is 6.04. The Morgan fingerprint density at radius 1 is 1.43 bits per heavy atom. The molecule has 0 aromatic heterocycles. The Bertz CT molecular complexity index is 335. The lowest BCUT2D eigenvalue weighted by Gasteiger charge is -2.29. The number of hydrogen-bond acceptors (Lipinski definition) is 2. The SMILES string of the molecule is COc1cccc2c1CC[C@@H](N)[C@@H]2C. The molecule has 0 unspecified atom stereocenters. The van der Waals surface area contributed by atoms with E-state index in [1.165, 1.54) is 11.1 Å². The number of nitrogens with two attached hydrogens (primary N) is 1. The first-order valence-corrected chi connectivity index (χ1v) is 5.15. The van der Waals surface area contributed by atoms with Crippen LogP contribution in [0.25, 0.3) is 0 Å². The lowest BCUT2D eigenvalue weighted by molar-refractivity contribution is 0.399. The Hall–Kier alpha value is -1.02. The van der Waals surface area contributed by atoms with Crippen molar-refractivity contribution < 1.29 is 4.74 Å². The second-order valence-electron chi connectivity index (χ2n) is 4.02. The first-order valence-electron chi connectivity index (χ1n) is 5.15. The van der Waals surface area contributed by atoms with Gasteiger partial charge in [0, 0.05) is 6.04 Å². The summed E-state index contributed by atoms with van der Waals surface area (Å²) >= 11 is 0. The Labute approximate surface area is 85.1 Å². The van der Waals surface area contributed by atoms with Crippen molar-refractivity contribution in [2.75, 3.05) is 7.11 Å². The van der Waals surface area contributed by atoms with Gasteiger partial charge in [-0.3, -0.25) is 0 Å². The van der Waals surface area contributed by atoms with Gasteiger partial charge in [0.1, 0.15) is 5.75 Å². The standard InChI is InChI=1S/C12H17NO/c1-8-9-4-3-5-12(14-2)10(9)6-7-11(8)13/h3-5,8,11H,6-7,13H2,1-2H3/t8-,11-/m1/s1. The summed E-state index contributed by atoms with van der Waals surface area (Å²) in [6.07, 6.45) is 2.11. The summed E-state index contributed by atoms with van der Waals surface area (Å²) in [7, 11) is 1.73. The molecule has 2 N–H and O–H groups in total. The number of hydrogen-bond donors (Lipinski definition) is 1. The smallest absolute Gasteiger partial charge is 0.122 e. The highest BCUT2D eigenvalue weighted by Gasteiger charge is 2.24. The van der Waals surface area contributed by atoms with E-state index in [1.54, 1.807) is 7.11 Å². The van der Waals surface area contributed by atoms with Gasteiger partial charge in [-0.1, -0.05) is 19.1 Å². The van der Waals surface area contributed by atoms with Crippen LogP contribution in [-0.4, -0.2) is 13.2 Å². The molecule has 0 spiro atoms. The summed E-state index contributed by atoms with van der Waals surface area (Å²) in [5, 5.41) is 0. The second kappa shape index (κ2) is 3.62. The van der Waals surface area contributed by atoms with Gasteiger partial charge in [-0.2, -0.15) is 0 Å². The van der Waals surface area contributed by atoms with Crippen LogP contribution in [0, 0.1) is 0 Å². The lowest BCUT2D eigenvalue weighted by Crippen LogP contribution is -2.31. The maximum atomic E-state index is 6.04. The van der Waals surface area contributed by atoms with Crippen molar-refractivity contribution in [1.82, 2.24) is 0 Å². The Kier molecular flexibility index (Phi) is 2.46. The minimum Gasteiger partial charge on any atom is -0.496 e. The van der Waals surface area contributed by atoms with Gasteiger partial charge in [0.05, 0.1) is 7.11 Å². The molecule has 2 atom stereocenters. The largest absolute Gasteiger partial charge is 0.496 e. The number of ether oxygens (including phenoxy) is 1. The van der Waals surface area contributed by atoms with Crippen LogP contribution in [0.4, 0.5) is 0 Å². The zero-order chi connectivity index (χ0) is 10.1. The fourth-order valence-electron chi connectivity index (χ4n) is 2.26. The van der Waals surface area contributed by atoms with Crippen LogP contribution in [-0.2, 0) is 6.42 Å². The van der Waals surface area contributed by atoms with E-state index in [0.29, 0.717) is 12.0 Å². The number of benzene rings is 1. The van der Waals surface area contributed by atoms with Crippen molar-refractivity contribution in [3.05, 3.63) is 29.3 Å². The molecule has 0 radical (unpaired) electrons. The van der Waals surface area contributed by atoms with E-state index in [2.05, 4.69) is 13.0 Å². The van der Waals surface area contributed by atoms with Gasteiger partial charge in [0.15, 0.2) is 0 Å². The third kappa shape index (κ3) is 1.40. The molecule has 0 saturated heterocycles. The molecule has 2 rings (SSSR count). The summed E-state index contributed by atoms with van der Waals surface area (Å²) in [5.41, 5.74) is 8.76. The molecule has 2 heteroatoms. The molecule has 2 nitrogen and oxygen atoms in total. The van der Waals surface area contributed by atoms with Gasteiger partial charge >= 0.3 is 0 Å². The molecule has 0 aliphatic heterocycles. The third-order valence-corrected chi connectivity index (χ3v) is 3.25. The zero-order valence-electron chi connectivity index (χ0n) is 8.79. The van der Waals surface area contributed by atoms with E-state index in [1.807, 2.05) is 12.1 Å². The minimum absolute atomic E-state index is 0.301. The summed E-state index contributed by atoms with van der Waals surface area (Å²) in [6, 6.07) is 6.55. The Balaban J connectivity index is 2.47. The highest BCUT2D eigenvalue weighted by Crippen LogP contribution is 2.35. The molecule has 0 heterocycles. The summed E-state index contributed by atoms with van der Waals surface area (Å²) in [5.74, 6) is 1.47. The van der Waals surface area contributed by atoms with Crippen molar-refractivity contribution in [1.29, 1.82) is 0 Å². The minimum atomic E-state index is 0.301. The number of rotatable bonds is 1. The second-order valence-corrected chi connectivity index (χ2v) is 4.02. The average Bonchev–Trinajstić information content (AvgIpc) is 2.23. The predicted octanol–water partition coefficient (Wildman–Crippen LogP) is 2.07. The molecule has 0 bridgehead atoms. The third-order valence-electron chi connectivity index (χ3n) is 3.25. The fraction of sp³-hybridized carbons (Fsp3) is 0.500. The highest BCUT2D eigenvalue weighted by molar-refractivity contribution is 5.44.